The van der Waals surface area contributed by atoms with Gasteiger partial charge in [0.15, 0.2) is 0 Å². The van der Waals surface area contributed by atoms with Crippen LogP contribution in [0.25, 0.3) is 11.0 Å². The number of fused-ring (bicyclic) bond motifs is 1. The van der Waals surface area contributed by atoms with E-state index in [0.29, 0.717) is 18.1 Å². The van der Waals surface area contributed by atoms with Crippen LogP contribution in [0.5, 0.6) is 0 Å². The van der Waals surface area contributed by atoms with Gasteiger partial charge in [0.25, 0.3) is 0 Å². The van der Waals surface area contributed by atoms with Crippen molar-refractivity contribution < 1.29 is 5.11 Å². The van der Waals surface area contributed by atoms with Gasteiger partial charge in [-0.15, -0.1) is 0 Å². The summed E-state index contributed by atoms with van der Waals surface area (Å²) in [6.45, 7) is 3.70. The molecule has 3 N–H and O–H groups in total. The summed E-state index contributed by atoms with van der Waals surface area (Å²) in [5.41, 5.74) is -0.571. The molecule has 2 rings (SSSR count). The maximum atomic E-state index is 11.1. The Morgan fingerprint density at radius 1 is 1.47 bits per heavy atom. The molecule has 0 aliphatic heterocycles. The average Bonchev–Trinajstić information content (AvgIpc) is 2.24. The summed E-state index contributed by atoms with van der Waals surface area (Å²) < 4.78 is 0. The van der Waals surface area contributed by atoms with Crippen LogP contribution < -0.4 is 10.9 Å². The number of aromatic amines is 1. The van der Waals surface area contributed by atoms with Crippen LogP contribution in [-0.2, 0) is 0 Å². The Morgan fingerprint density at radius 2 is 2.24 bits per heavy atom. The predicted molar refractivity (Wildman–Crippen MR) is 64.9 cm³/mol. The molecule has 0 saturated carbocycles. The van der Waals surface area contributed by atoms with Gasteiger partial charge in [0.1, 0.15) is 5.65 Å². The smallest absolute Gasteiger partial charge is 0.249 e. The minimum Gasteiger partial charge on any atom is -0.389 e. The van der Waals surface area contributed by atoms with Gasteiger partial charge in [0, 0.05) is 24.2 Å². The standard InChI is InChI=1S/C11H14N4O2/c1-11(2,17)6-13-10-12-5-7-3-4-8(16)14-9(7)15-10/h3-5,17H,6H2,1-2H3,(H2,12,13,14,15,16). The second-order valence-electron chi connectivity index (χ2n) is 4.49. The SMILES string of the molecule is CC(C)(O)CNc1ncc2ccc(=O)[nH]c2n1. The zero-order chi connectivity index (χ0) is 12.5. The van der Waals surface area contributed by atoms with E-state index in [1.54, 1.807) is 26.1 Å². The van der Waals surface area contributed by atoms with Gasteiger partial charge in [0.05, 0.1) is 5.60 Å². The highest BCUT2D eigenvalue weighted by molar-refractivity contribution is 5.74. The van der Waals surface area contributed by atoms with Crippen molar-refractivity contribution in [2.75, 3.05) is 11.9 Å². The molecule has 0 unspecified atom stereocenters. The number of pyridine rings is 1. The number of hydrogen-bond donors (Lipinski definition) is 3. The van der Waals surface area contributed by atoms with Gasteiger partial charge in [-0.3, -0.25) is 4.79 Å². The zero-order valence-corrected chi connectivity index (χ0v) is 9.69. The van der Waals surface area contributed by atoms with Gasteiger partial charge in [-0.1, -0.05) is 0 Å². The molecule has 0 spiro atoms. The zero-order valence-electron chi connectivity index (χ0n) is 9.69. The number of hydrogen-bond acceptors (Lipinski definition) is 5. The Kier molecular flexibility index (Phi) is 2.81. The Morgan fingerprint density at radius 3 is 2.94 bits per heavy atom. The summed E-state index contributed by atoms with van der Waals surface area (Å²) in [7, 11) is 0. The molecule has 0 aliphatic carbocycles. The number of aromatic nitrogens is 3. The number of anilines is 1. The third-order valence-electron chi connectivity index (χ3n) is 2.15. The first-order valence-electron chi connectivity index (χ1n) is 5.26. The average molecular weight is 234 g/mol. The van der Waals surface area contributed by atoms with Crippen LogP contribution in [0.2, 0.25) is 0 Å². The lowest BCUT2D eigenvalue weighted by molar-refractivity contribution is 0.0943. The van der Waals surface area contributed by atoms with Crippen molar-refractivity contribution in [1.82, 2.24) is 15.0 Å². The molecule has 90 valence electrons. The van der Waals surface area contributed by atoms with Gasteiger partial charge in [-0.05, 0) is 19.9 Å². The Bertz CT molecular complexity index is 586. The summed E-state index contributed by atoms with van der Waals surface area (Å²) in [6, 6.07) is 3.09. The number of nitrogens with zero attached hydrogens (tertiary/aromatic N) is 2. The second kappa shape index (κ2) is 4.14. The van der Waals surface area contributed by atoms with Gasteiger partial charge >= 0.3 is 0 Å². The lowest BCUT2D eigenvalue weighted by Crippen LogP contribution is -2.29. The first kappa shape index (κ1) is 11.5. The number of H-pyrrole nitrogens is 1. The Balaban J connectivity index is 2.28. The molecule has 0 fully saturated rings. The van der Waals surface area contributed by atoms with Crippen LogP contribution >= 0.6 is 0 Å². The molecule has 0 aromatic carbocycles. The molecule has 6 nitrogen and oxygen atoms in total. The maximum absolute atomic E-state index is 11.1. The maximum Gasteiger partial charge on any atom is 0.249 e. The van der Waals surface area contributed by atoms with Crippen molar-refractivity contribution in [3.05, 3.63) is 28.7 Å². The van der Waals surface area contributed by atoms with E-state index in [1.165, 1.54) is 6.07 Å². The molecule has 0 atom stereocenters. The number of nitrogens with one attached hydrogen (secondary N) is 2. The van der Waals surface area contributed by atoms with Crippen LogP contribution in [0.3, 0.4) is 0 Å². The molecular formula is C11H14N4O2. The van der Waals surface area contributed by atoms with Crippen molar-refractivity contribution in [3.63, 3.8) is 0 Å². The third kappa shape index (κ3) is 3.01. The van der Waals surface area contributed by atoms with E-state index in [0.717, 1.165) is 5.39 Å². The first-order valence-corrected chi connectivity index (χ1v) is 5.26. The van der Waals surface area contributed by atoms with Crippen molar-refractivity contribution in [2.24, 2.45) is 0 Å². The van der Waals surface area contributed by atoms with Crippen LogP contribution in [0, 0.1) is 0 Å². The largest absolute Gasteiger partial charge is 0.389 e. The fourth-order valence-corrected chi connectivity index (χ4v) is 1.32. The molecule has 2 aromatic heterocycles. The predicted octanol–water partition coefficient (Wildman–Crippen LogP) is 0.501. The fourth-order valence-electron chi connectivity index (χ4n) is 1.32. The molecule has 2 heterocycles. The minimum atomic E-state index is -0.845. The topological polar surface area (TPSA) is 90.9 Å². The lowest BCUT2D eigenvalue weighted by atomic mass is 10.1. The molecule has 17 heavy (non-hydrogen) atoms. The number of rotatable bonds is 3. The van der Waals surface area contributed by atoms with Crippen LogP contribution in [0.1, 0.15) is 13.8 Å². The van der Waals surface area contributed by atoms with E-state index in [9.17, 15) is 9.90 Å². The second-order valence-corrected chi connectivity index (χ2v) is 4.49. The summed E-state index contributed by atoms with van der Waals surface area (Å²) in [4.78, 5) is 22.0. The molecule has 0 aliphatic rings. The van der Waals surface area contributed by atoms with Crippen molar-refractivity contribution in [1.29, 1.82) is 0 Å². The van der Waals surface area contributed by atoms with Crippen LogP contribution in [0.4, 0.5) is 5.95 Å². The monoisotopic (exact) mass is 234 g/mol. The lowest BCUT2D eigenvalue weighted by Gasteiger charge is -2.17. The molecule has 0 radical (unpaired) electrons. The van der Waals surface area contributed by atoms with E-state index >= 15 is 0 Å². The quantitative estimate of drug-likeness (QED) is 0.719. The van der Waals surface area contributed by atoms with Crippen molar-refractivity contribution >= 4 is 17.0 Å². The summed E-state index contributed by atoms with van der Waals surface area (Å²) >= 11 is 0. The molecule has 6 heteroatoms. The van der Waals surface area contributed by atoms with E-state index in [2.05, 4.69) is 20.3 Å². The van der Waals surface area contributed by atoms with E-state index in [-0.39, 0.29) is 5.56 Å². The van der Waals surface area contributed by atoms with Gasteiger partial charge in [0.2, 0.25) is 11.5 Å². The molecular weight excluding hydrogens is 220 g/mol. The van der Waals surface area contributed by atoms with E-state index in [1.807, 2.05) is 0 Å². The van der Waals surface area contributed by atoms with Crippen molar-refractivity contribution in [2.45, 2.75) is 19.4 Å². The van der Waals surface area contributed by atoms with Gasteiger partial charge < -0.3 is 15.4 Å². The summed E-state index contributed by atoms with van der Waals surface area (Å²) in [5.74, 6) is 0.376. The highest BCUT2D eigenvalue weighted by Crippen LogP contribution is 2.09. The van der Waals surface area contributed by atoms with Gasteiger partial charge in [-0.2, -0.15) is 4.98 Å². The summed E-state index contributed by atoms with van der Waals surface area (Å²) in [5, 5.41) is 13.2. The number of aliphatic hydroxyl groups is 1. The highest BCUT2D eigenvalue weighted by Gasteiger charge is 2.12. The molecule has 0 amide bonds. The Labute approximate surface area is 97.7 Å². The first-order chi connectivity index (χ1) is 7.94. The van der Waals surface area contributed by atoms with E-state index in [4.69, 9.17) is 0 Å². The summed E-state index contributed by atoms with van der Waals surface area (Å²) in [6.07, 6.45) is 1.62. The normalized spacial score (nSPS) is 11.7. The Hall–Kier alpha value is -1.95. The van der Waals surface area contributed by atoms with Gasteiger partial charge in [-0.25, -0.2) is 4.98 Å². The molecule has 2 aromatic rings. The van der Waals surface area contributed by atoms with Crippen molar-refractivity contribution in [3.8, 4) is 0 Å². The van der Waals surface area contributed by atoms with E-state index < -0.39 is 5.60 Å². The molecule has 0 bridgehead atoms. The van der Waals surface area contributed by atoms with Crippen LogP contribution in [0.15, 0.2) is 23.1 Å². The highest BCUT2D eigenvalue weighted by atomic mass is 16.3. The fraction of sp³-hybridized carbons (Fsp3) is 0.364. The molecule has 0 saturated heterocycles. The van der Waals surface area contributed by atoms with Crippen LogP contribution in [-0.4, -0.2) is 32.2 Å². The minimum absolute atomic E-state index is 0.204. The third-order valence-corrected chi connectivity index (χ3v) is 2.15.